The van der Waals surface area contributed by atoms with E-state index in [4.69, 9.17) is 4.74 Å². The van der Waals surface area contributed by atoms with E-state index >= 15 is 0 Å². The zero-order chi connectivity index (χ0) is 19.3. The van der Waals surface area contributed by atoms with Crippen molar-refractivity contribution in [1.82, 2.24) is 4.90 Å². The lowest BCUT2D eigenvalue weighted by atomic mass is 10.1. The standard InChI is InChI=1S/C19H24N2O4S/c1-5-21(6-2)19(22)15-8-7-14(3)18(13-15)26(23,24)20-16-9-11-17(25-4)12-10-16/h7-13,20H,5-6H2,1-4H3. The first-order chi connectivity index (χ1) is 12.3. The van der Waals surface area contributed by atoms with E-state index in [1.807, 2.05) is 13.8 Å². The van der Waals surface area contributed by atoms with Crippen LogP contribution in [0.2, 0.25) is 0 Å². The van der Waals surface area contributed by atoms with Crippen LogP contribution in [-0.4, -0.2) is 39.4 Å². The topological polar surface area (TPSA) is 75.7 Å². The molecule has 0 bridgehead atoms. The van der Waals surface area contributed by atoms with Gasteiger partial charge < -0.3 is 9.64 Å². The lowest BCUT2D eigenvalue weighted by Crippen LogP contribution is -2.30. The molecule has 7 heteroatoms. The molecule has 0 aliphatic carbocycles. The van der Waals surface area contributed by atoms with Crippen molar-refractivity contribution in [2.75, 3.05) is 24.9 Å². The van der Waals surface area contributed by atoms with E-state index in [9.17, 15) is 13.2 Å². The minimum absolute atomic E-state index is 0.0892. The first-order valence-electron chi connectivity index (χ1n) is 8.39. The summed E-state index contributed by atoms with van der Waals surface area (Å²) in [5.41, 5.74) is 1.35. The van der Waals surface area contributed by atoms with Crippen LogP contribution in [-0.2, 0) is 10.0 Å². The smallest absolute Gasteiger partial charge is 0.262 e. The molecule has 0 saturated heterocycles. The van der Waals surface area contributed by atoms with Gasteiger partial charge >= 0.3 is 0 Å². The van der Waals surface area contributed by atoms with Crippen LogP contribution in [0.15, 0.2) is 47.4 Å². The van der Waals surface area contributed by atoms with Crippen LogP contribution in [0, 0.1) is 6.92 Å². The van der Waals surface area contributed by atoms with Gasteiger partial charge in [-0.15, -0.1) is 0 Å². The highest BCUT2D eigenvalue weighted by atomic mass is 32.2. The summed E-state index contributed by atoms with van der Waals surface area (Å²) in [5.74, 6) is 0.451. The maximum absolute atomic E-state index is 12.8. The van der Waals surface area contributed by atoms with Gasteiger partial charge in [-0.25, -0.2) is 8.42 Å². The maximum Gasteiger partial charge on any atom is 0.262 e. The van der Waals surface area contributed by atoms with Crippen LogP contribution >= 0.6 is 0 Å². The van der Waals surface area contributed by atoms with E-state index in [1.54, 1.807) is 55.3 Å². The molecule has 0 aliphatic rings. The third-order valence-electron chi connectivity index (χ3n) is 4.12. The molecule has 0 unspecified atom stereocenters. The first kappa shape index (κ1) is 19.8. The number of aryl methyl sites for hydroxylation is 1. The van der Waals surface area contributed by atoms with Crippen LogP contribution in [0.3, 0.4) is 0 Å². The zero-order valence-electron chi connectivity index (χ0n) is 15.4. The van der Waals surface area contributed by atoms with Crippen LogP contribution in [0.5, 0.6) is 5.75 Å². The van der Waals surface area contributed by atoms with Gasteiger partial charge in [0.1, 0.15) is 5.75 Å². The molecule has 0 saturated carbocycles. The van der Waals surface area contributed by atoms with Crippen LogP contribution in [0.1, 0.15) is 29.8 Å². The monoisotopic (exact) mass is 376 g/mol. The van der Waals surface area contributed by atoms with Gasteiger partial charge in [0.05, 0.1) is 12.0 Å². The molecule has 0 fully saturated rings. The van der Waals surface area contributed by atoms with Gasteiger partial charge in [-0.3, -0.25) is 9.52 Å². The zero-order valence-corrected chi connectivity index (χ0v) is 16.3. The van der Waals surface area contributed by atoms with Crippen molar-refractivity contribution in [3.05, 3.63) is 53.6 Å². The van der Waals surface area contributed by atoms with Gasteiger partial charge in [0.25, 0.3) is 15.9 Å². The van der Waals surface area contributed by atoms with E-state index < -0.39 is 10.0 Å². The molecule has 2 rings (SSSR count). The number of anilines is 1. The molecule has 2 aromatic carbocycles. The Morgan fingerprint density at radius 1 is 1.08 bits per heavy atom. The van der Waals surface area contributed by atoms with Crippen molar-refractivity contribution in [1.29, 1.82) is 0 Å². The number of ether oxygens (including phenoxy) is 1. The molecule has 2 aromatic rings. The predicted octanol–water partition coefficient (Wildman–Crippen LogP) is 3.29. The lowest BCUT2D eigenvalue weighted by molar-refractivity contribution is 0.0772. The summed E-state index contributed by atoms with van der Waals surface area (Å²) in [5, 5.41) is 0. The van der Waals surface area contributed by atoms with Gasteiger partial charge in [0.2, 0.25) is 0 Å². The summed E-state index contributed by atoms with van der Waals surface area (Å²) in [6.07, 6.45) is 0. The van der Waals surface area contributed by atoms with Crippen LogP contribution in [0.25, 0.3) is 0 Å². The highest BCUT2D eigenvalue weighted by Gasteiger charge is 2.21. The molecule has 140 valence electrons. The first-order valence-corrected chi connectivity index (χ1v) is 9.87. The average molecular weight is 376 g/mol. The Balaban J connectivity index is 2.35. The predicted molar refractivity (Wildman–Crippen MR) is 102 cm³/mol. The molecule has 0 radical (unpaired) electrons. The van der Waals surface area contributed by atoms with E-state index in [0.717, 1.165) is 0 Å². The Morgan fingerprint density at radius 3 is 2.23 bits per heavy atom. The summed E-state index contributed by atoms with van der Waals surface area (Å²) in [6.45, 7) is 6.61. The second-order valence-electron chi connectivity index (χ2n) is 5.79. The van der Waals surface area contributed by atoms with E-state index in [0.29, 0.717) is 35.7 Å². The van der Waals surface area contributed by atoms with E-state index in [1.165, 1.54) is 6.07 Å². The van der Waals surface area contributed by atoms with E-state index in [-0.39, 0.29) is 10.8 Å². The second-order valence-corrected chi connectivity index (χ2v) is 7.44. The molecule has 0 aromatic heterocycles. The number of rotatable bonds is 7. The second kappa shape index (κ2) is 8.23. The van der Waals surface area contributed by atoms with Crippen LogP contribution in [0.4, 0.5) is 5.69 Å². The third kappa shape index (κ3) is 4.35. The molecule has 1 amide bonds. The van der Waals surface area contributed by atoms with Crippen molar-refractivity contribution in [2.45, 2.75) is 25.7 Å². The Morgan fingerprint density at radius 2 is 1.69 bits per heavy atom. The van der Waals surface area contributed by atoms with Gasteiger partial charge in [-0.2, -0.15) is 0 Å². The van der Waals surface area contributed by atoms with Gasteiger partial charge in [-0.1, -0.05) is 6.07 Å². The summed E-state index contributed by atoms with van der Waals surface area (Å²) in [6, 6.07) is 11.3. The molecule has 1 N–H and O–H groups in total. The fourth-order valence-corrected chi connectivity index (χ4v) is 3.92. The number of sulfonamides is 1. The number of nitrogens with zero attached hydrogens (tertiary/aromatic N) is 1. The lowest BCUT2D eigenvalue weighted by Gasteiger charge is -2.19. The molecule has 0 heterocycles. The molecule has 0 spiro atoms. The number of hydrogen-bond donors (Lipinski definition) is 1. The summed E-state index contributed by atoms with van der Waals surface area (Å²) in [7, 11) is -2.28. The van der Waals surface area contributed by atoms with Gasteiger partial charge in [0.15, 0.2) is 0 Å². The molecule has 6 nitrogen and oxygen atoms in total. The number of carbonyl (C=O) groups is 1. The van der Waals surface area contributed by atoms with Crippen LogP contribution < -0.4 is 9.46 Å². The number of benzene rings is 2. The quantitative estimate of drug-likeness (QED) is 0.805. The molecule has 26 heavy (non-hydrogen) atoms. The largest absolute Gasteiger partial charge is 0.497 e. The minimum atomic E-state index is -3.82. The highest BCUT2D eigenvalue weighted by molar-refractivity contribution is 7.92. The van der Waals surface area contributed by atoms with Gasteiger partial charge in [-0.05, 0) is 62.7 Å². The summed E-state index contributed by atoms with van der Waals surface area (Å²) >= 11 is 0. The van der Waals surface area contributed by atoms with Crippen molar-refractivity contribution >= 4 is 21.6 Å². The summed E-state index contributed by atoms with van der Waals surface area (Å²) in [4.78, 5) is 14.3. The Kier molecular flexibility index (Phi) is 6.26. The minimum Gasteiger partial charge on any atom is -0.497 e. The van der Waals surface area contributed by atoms with Crippen molar-refractivity contribution < 1.29 is 17.9 Å². The van der Waals surface area contributed by atoms with Crippen molar-refractivity contribution in [3.63, 3.8) is 0 Å². The van der Waals surface area contributed by atoms with E-state index in [2.05, 4.69) is 4.72 Å². The van der Waals surface area contributed by atoms with Crippen molar-refractivity contribution in [2.24, 2.45) is 0 Å². The summed E-state index contributed by atoms with van der Waals surface area (Å²) < 4.78 is 33.2. The Hall–Kier alpha value is -2.54. The number of carbonyl (C=O) groups excluding carboxylic acids is 1. The normalized spacial score (nSPS) is 11.1. The number of methoxy groups -OCH3 is 1. The fourth-order valence-electron chi connectivity index (χ4n) is 2.59. The Bertz CT molecular complexity index is 873. The number of hydrogen-bond acceptors (Lipinski definition) is 4. The highest BCUT2D eigenvalue weighted by Crippen LogP contribution is 2.23. The van der Waals surface area contributed by atoms with Gasteiger partial charge in [0, 0.05) is 24.3 Å². The SMILES string of the molecule is CCN(CC)C(=O)c1ccc(C)c(S(=O)(=O)Nc2ccc(OC)cc2)c1. The third-order valence-corrected chi connectivity index (χ3v) is 5.64. The molecule has 0 aliphatic heterocycles. The average Bonchev–Trinajstić information content (AvgIpc) is 2.63. The molecule has 0 atom stereocenters. The Labute approximate surface area is 154 Å². The molecular weight excluding hydrogens is 352 g/mol. The molecular formula is C19H24N2O4S. The maximum atomic E-state index is 12.8. The van der Waals surface area contributed by atoms with Crippen molar-refractivity contribution in [3.8, 4) is 5.75 Å². The fraction of sp³-hybridized carbons (Fsp3) is 0.316. The number of nitrogens with one attached hydrogen (secondary N) is 1. The number of amides is 1.